The molecule has 5 aliphatic carbocycles. The standard InChI is InChI=1S/C60H57NO/c1-58(2)27-28-59(3,4)54-38-50(24-25-52(54)58)61(51-35-45(41-13-7-5-8-14-41)34-46(36-51)42-15-9-6-10-16-42)49-22-19-43(20-23-49)44-21-26-57-55(37-44)60(53-17-11-12-18-56(53)62-57)47-30-39-29-40(32-47)33-48(60)31-39/h5-26,34-40,47-48H,27-33H2,1-4H3. The molecule has 0 saturated heterocycles. The summed E-state index contributed by atoms with van der Waals surface area (Å²) >= 11 is 0. The molecule has 62 heavy (non-hydrogen) atoms. The summed E-state index contributed by atoms with van der Waals surface area (Å²) in [5.41, 5.74) is 16.9. The predicted octanol–water partition coefficient (Wildman–Crippen LogP) is 16.4. The Morgan fingerprint density at radius 1 is 0.387 bits per heavy atom. The number of nitrogens with zero attached hydrogens (tertiary/aromatic N) is 1. The van der Waals surface area contributed by atoms with Crippen molar-refractivity contribution in [3.05, 3.63) is 186 Å². The van der Waals surface area contributed by atoms with E-state index >= 15 is 0 Å². The van der Waals surface area contributed by atoms with Crippen molar-refractivity contribution in [2.75, 3.05) is 4.90 Å². The molecule has 1 spiro atoms. The first kappa shape index (κ1) is 37.9. The lowest BCUT2D eigenvalue weighted by Crippen LogP contribution is -2.56. The van der Waals surface area contributed by atoms with Crippen LogP contribution in [-0.2, 0) is 16.2 Å². The summed E-state index contributed by atoms with van der Waals surface area (Å²) in [6.07, 6.45) is 9.22. The first-order valence-electron chi connectivity index (χ1n) is 23.4. The third-order valence-electron chi connectivity index (χ3n) is 16.3. The minimum Gasteiger partial charge on any atom is -0.457 e. The fourth-order valence-electron chi connectivity index (χ4n) is 13.4. The maximum absolute atomic E-state index is 6.79. The van der Waals surface area contributed by atoms with Gasteiger partial charge in [-0.15, -0.1) is 0 Å². The number of anilines is 3. The Balaban J connectivity index is 0.999. The molecule has 4 fully saturated rings. The highest BCUT2D eigenvalue weighted by molar-refractivity contribution is 5.86. The highest BCUT2D eigenvalue weighted by Gasteiger charge is 2.61. The molecule has 0 amide bonds. The summed E-state index contributed by atoms with van der Waals surface area (Å²) in [5, 5.41) is 0. The van der Waals surface area contributed by atoms with Crippen LogP contribution in [0.1, 0.15) is 94.9 Å². The zero-order valence-electron chi connectivity index (χ0n) is 36.7. The first-order valence-corrected chi connectivity index (χ1v) is 23.4. The molecule has 1 aliphatic heterocycles. The molecule has 7 aromatic carbocycles. The van der Waals surface area contributed by atoms with Gasteiger partial charge in [0.25, 0.3) is 0 Å². The van der Waals surface area contributed by atoms with Crippen LogP contribution in [0.5, 0.6) is 11.5 Å². The largest absolute Gasteiger partial charge is 0.457 e. The number of fused-ring (bicyclic) bond motifs is 3. The Kier molecular flexibility index (Phi) is 8.60. The normalized spacial score (nSPS) is 24.5. The van der Waals surface area contributed by atoms with Crippen LogP contribution >= 0.6 is 0 Å². The van der Waals surface area contributed by atoms with E-state index in [2.05, 4.69) is 196 Å². The lowest BCUT2D eigenvalue weighted by atomic mass is 9.41. The zero-order chi connectivity index (χ0) is 41.8. The van der Waals surface area contributed by atoms with Crippen LogP contribution in [0, 0.1) is 23.7 Å². The predicted molar refractivity (Wildman–Crippen MR) is 257 cm³/mol. The van der Waals surface area contributed by atoms with Gasteiger partial charge in [0.15, 0.2) is 0 Å². The van der Waals surface area contributed by atoms with E-state index in [9.17, 15) is 0 Å². The monoisotopic (exact) mass is 807 g/mol. The van der Waals surface area contributed by atoms with Crippen molar-refractivity contribution < 1.29 is 4.74 Å². The molecular formula is C60H57NO. The summed E-state index contributed by atoms with van der Waals surface area (Å²) in [4.78, 5) is 2.50. The van der Waals surface area contributed by atoms with Gasteiger partial charge < -0.3 is 9.64 Å². The smallest absolute Gasteiger partial charge is 0.131 e. The van der Waals surface area contributed by atoms with E-state index < -0.39 is 0 Å². The summed E-state index contributed by atoms with van der Waals surface area (Å²) in [7, 11) is 0. The second kappa shape index (κ2) is 14.1. The van der Waals surface area contributed by atoms with Crippen molar-refractivity contribution in [1.82, 2.24) is 0 Å². The molecule has 0 atom stereocenters. The van der Waals surface area contributed by atoms with E-state index in [0.29, 0.717) is 11.8 Å². The highest BCUT2D eigenvalue weighted by atomic mass is 16.5. The molecule has 0 N–H and O–H groups in total. The second-order valence-corrected chi connectivity index (χ2v) is 20.9. The third-order valence-corrected chi connectivity index (χ3v) is 16.3. The molecule has 2 heteroatoms. The number of hydrogen-bond donors (Lipinski definition) is 0. The molecule has 1 heterocycles. The summed E-state index contributed by atoms with van der Waals surface area (Å²) in [6.45, 7) is 9.71. The number of rotatable bonds is 6. The molecule has 6 aliphatic rings. The average Bonchev–Trinajstić information content (AvgIpc) is 3.30. The van der Waals surface area contributed by atoms with Gasteiger partial charge in [-0.2, -0.15) is 0 Å². The minimum absolute atomic E-state index is 0.0272. The second-order valence-electron chi connectivity index (χ2n) is 20.9. The Morgan fingerprint density at radius 3 is 1.56 bits per heavy atom. The SMILES string of the molecule is CC1(C)CCC(C)(C)c2cc(N(c3ccc(-c4ccc5c(c4)C4(c6ccccc6O5)C5CC6CC(C5)CC4C6)cc3)c3cc(-c4ccccc4)cc(-c4ccccc4)c3)ccc21. The van der Waals surface area contributed by atoms with E-state index in [0.717, 1.165) is 34.7 Å². The van der Waals surface area contributed by atoms with Gasteiger partial charge in [-0.25, -0.2) is 0 Å². The van der Waals surface area contributed by atoms with Crippen molar-refractivity contribution in [2.45, 2.75) is 88.9 Å². The van der Waals surface area contributed by atoms with E-state index in [1.165, 1.54) is 106 Å². The van der Waals surface area contributed by atoms with Crippen LogP contribution in [0.4, 0.5) is 17.1 Å². The molecule has 4 saturated carbocycles. The topological polar surface area (TPSA) is 12.5 Å². The fraction of sp³-hybridized carbons (Fsp3) is 0.300. The summed E-state index contributed by atoms with van der Waals surface area (Å²) < 4.78 is 6.79. The molecule has 0 aromatic heterocycles. The van der Waals surface area contributed by atoms with Crippen molar-refractivity contribution in [2.24, 2.45) is 23.7 Å². The summed E-state index contributed by atoms with van der Waals surface area (Å²) in [6, 6.07) is 61.7. The maximum atomic E-state index is 6.79. The Morgan fingerprint density at radius 2 is 0.919 bits per heavy atom. The minimum atomic E-state index is 0.0272. The van der Waals surface area contributed by atoms with Crippen molar-refractivity contribution in [3.63, 3.8) is 0 Å². The average molecular weight is 808 g/mol. The van der Waals surface area contributed by atoms with Crippen LogP contribution in [-0.4, -0.2) is 0 Å². The van der Waals surface area contributed by atoms with Gasteiger partial charge in [0.2, 0.25) is 0 Å². The fourth-order valence-corrected chi connectivity index (χ4v) is 13.4. The van der Waals surface area contributed by atoms with Crippen molar-refractivity contribution in [1.29, 1.82) is 0 Å². The van der Waals surface area contributed by atoms with Gasteiger partial charge >= 0.3 is 0 Å². The molecular weight excluding hydrogens is 751 g/mol. The van der Waals surface area contributed by atoms with E-state index in [1.54, 1.807) is 0 Å². The lowest BCUT2D eigenvalue weighted by Gasteiger charge is -2.63. The van der Waals surface area contributed by atoms with Gasteiger partial charge in [0.05, 0.1) is 0 Å². The maximum Gasteiger partial charge on any atom is 0.131 e. The van der Waals surface area contributed by atoms with Crippen LogP contribution in [0.2, 0.25) is 0 Å². The van der Waals surface area contributed by atoms with Crippen LogP contribution in [0.15, 0.2) is 164 Å². The van der Waals surface area contributed by atoms with Gasteiger partial charge in [-0.05, 0) is 185 Å². The van der Waals surface area contributed by atoms with Crippen LogP contribution in [0.25, 0.3) is 33.4 Å². The molecule has 308 valence electrons. The van der Waals surface area contributed by atoms with Crippen LogP contribution in [0.3, 0.4) is 0 Å². The van der Waals surface area contributed by atoms with E-state index in [1.807, 2.05) is 0 Å². The highest BCUT2D eigenvalue weighted by Crippen LogP contribution is 2.69. The molecule has 0 unspecified atom stereocenters. The lowest BCUT2D eigenvalue weighted by molar-refractivity contribution is -0.0452. The summed E-state index contributed by atoms with van der Waals surface area (Å²) in [5.74, 6) is 5.27. The van der Waals surface area contributed by atoms with E-state index in [-0.39, 0.29) is 16.2 Å². The number of para-hydroxylation sites is 1. The Bertz CT molecular complexity index is 2750. The van der Waals surface area contributed by atoms with Crippen molar-refractivity contribution >= 4 is 17.1 Å². The first-order chi connectivity index (χ1) is 30.1. The van der Waals surface area contributed by atoms with Gasteiger partial charge in [0, 0.05) is 33.6 Å². The van der Waals surface area contributed by atoms with Crippen molar-refractivity contribution in [3.8, 4) is 44.9 Å². The van der Waals surface area contributed by atoms with Crippen LogP contribution < -0.4 is 9.64 Å². The molecule has 7 aromatic rings. The molecule has 0 radical (unpaired) electrons. The van der Waals surface area contributed by atoms with Gasteiger partial charge in [-0.3, -0.25) is 0 Å². The zero-order valence-corrected chi connectivity index (χ0v) is 36.7. The molecule has 4 bridgehead atoms. The quantitative estimate of drug-likeness (QED) is 0.166. The Labute approximate surface area is 368 Å². The number of hydrogen-bond acceptors (Lipinski definition) is 2. The Hall–Kier alpha value is -5.86. The van der Waals surface area contributed by atoms with Gasteiger partial charge in [0.1, 0.15) is 11.5 Å². The molecule has 13 rings (SSSR count). The molecule has 2 nitrogen and oxygen atoms in total. The van der Waals surface area contributed by atoms with Gasteiger partial charge in [-0.1, -0.05) is 131 Å². The third kappa shape index (κ3) is 5.96. The van der Waals surface area contributed by atoms with E-state index in [4.69, 9.17) is 4.74 Å². The number of ether oxygens (including phenoxy) is 1. The number of benzene rings is 7.